The van der Waals surface area contributed by atoms with Gasteiger partial charge in [-0.3, -0.25) is 4.79 Å². The summed E-state index contributed by atoms with van der Waals surface area (Å²) in [6.07, 6.45) is 1.00. The van der Waals surface area contributed by atoms with Gasteiger partial charge < -0.3 is 10.6 Å². The number of carbonyl (C=O) groups is 1. The topological polar surface area (TPSA) is 77.8 Å². The lowest BCUT2D eigenvalue weighted by molar-refractivity contribution is 0.102. The van der Waals surface area contributed by atoms with Crippen molar-refractivity contribution in [3.63, 3.8) is 0 Å². The van der Waals surface area contributed by atoms with Crippen molar-refractivity contribution in [1.29, 1.82) is 5.26 Å². The van der Waals surface area contributed by atoms with Crippen LogP contribution in [0.25, 0.3) is 0 Å². The molecule has 0 fully saturated rings. The third-order valence-corrected chi connectivity index (χ3v) is 2.92. The highest BCUT2D eigenvalue weighted by Crippen LogP contribution is 2.22. The number of nitriles is 1. The number of amides is 1. The molecule has 2 aromatic rings. The van der Waals surface area contributed by atoms with Crippen molar-refractivity contribution in [2.45, 2.75) is 0 Å². The van der Waals surface area contributed by atoms with Crippen molar-refractivity contribution in [2.75, 3.05) is 17.7 Å². The van der Waals surface area contributed by atoms with Crippen LogP contribution in [0.5, 0.6) is 0 Å². The maximum Gasteiger partial charge on any atom is 0.259 e. The normalized spacial score (nSPS) is 9.81. The summed E-state index contributed by atoms with van der Waals surface area (Å²) in [6, 6.07) is 7.48. The summed E-state index contributed by atoms with van der Waals surface area (Å²) in [5, 5.41) is 14.6. The van der Waals surface area contributed by atoms with Gasteiger partial charge >= 0.3 is 0 Å². The lowest BCUT2D eigenvalue weighted by atomic mass is 10.1. The third-order valence-electron chi connectivity index (χ3n) is 2.69. The highest BCUT2D eigenvalue weighted by molar-refractivity contribution is 6.31. The van der Waals surface area contributed by atoms with Crippen molar-refractivity contribution in [3.05, 3.63) is 52.4 Å². The Morgan fingerprint density at radius 1 is 1.43 bits per heavy atom. The number of halogens is 2. The lowest BCUT2D eigenvalue weighted by Crippen LogP contribution is -2.16. The number of pyridine rings is 1. The summed E-state index contributed by atoms with van der Waals surface area (Å²) < 4.78 is 13.2. The van der Waals surface area contributed by atoms with E-state index in [4.69, 9.17) is 16.9 Å². The molecule has 1 amide bonds. The van der Waals surface area contributed by atoms with E-state index >= 15 is 0 Å². The molecule has 1 aromatic heterocycles. The van der Waals surface area contributed by atoms with Crippen LogP contribution in [0.15, 0.2) is 30.5 Å². The van der Waals surface area contributed by atoms with Gasteiger partial charge in [-0.2, -0.15) is 5.26 Å². The van der Waals surface area contributed by atoms with Crippen molar-refractivity contribution < 1.29 is 9.18 Å². The Hall–Kier alpha value is -2.65. The quantitative estimate of drug-likeness (QED) is 0.913. The molecule has 0 aliphatic heterocycles. The molecular formula is C14H10ClFN4O. The molecule has 21 heavy (non-hydrogen) atoms. The third kappa shape index (κ3) is 3.27. The van der Waals surface area contributed by atoms with Crippen LogP contribution in [0.4, 0.5) is 15.9 Å². The number of carbonyl (C=O) groups excluding carboxylic acids is 1. The van der Waals surface area contributed by atoms with E-state index in [0.29, 0.717) is 5.02 Å². The first-order valence-corrected chi connectivity index (χ1v) is 6.27. The van der Waals surface area contributed by atoms with Crippen molar-refractivity contribution in [1.82, 2.24) is 4.98 Å². The van der Waals surface area contributed by atoms with E-state index in [1.807, 2.05) is 6.07 Å². The van der Waals surface area contributed by atoms with Gasteiger partial charge in [0.15, 0.2) is 0 Å². The van der Waals surface area contributed by atoms with E-state index in [1.165, 1.54) is 12.1 Å². The maximum absolute atomic E-state index is 13.2. The average Bonchev–Trinajstić information content (AvgIpc) is 2.47. The molecular weight excluding hydrogens is 295 g/mol. The average molecular weight is 305 g/mol. The minimum Gasteiger partial charge on any atom is -0.372 e. The number of nitrogens with one attached hydrogen (secondary N) is 2. The summed E-state index contributed by atoms with van der Waals surface area (Å²) in [5.41, 5.74) is 0.533. The van der Waals surface area contributed by atoms with E-state index in [0.717, 1.165) is 12.3 Å². The minimum absolute atomic E-state index is 0.0290. The Balaban J connectivity index is 2.37. The van der Waals surface area contributed by atoms with Crippen LogP contribution in [-0.4, -0.2) is 17.9 Å². The zero-order valence-electron chi connectivity index (χ0n) is 10.9. The summed E-state index contributed by atoms with van der Waals surface area (Å²) >= 11 is 5.84. The Kier molecular flexibility index (Phi) is 4.36. The fraction of sp³-hybridized carbons (Fsp3) is 0.0714. The van der Waals surface area contributed by atoms with Gasteiger partial charge in [0, 0.05) is 12.1 Å². The first-order valence-electron chi connectivity index (χ1n) is 5.89. The molecule has 0 spiro atoms. The predicted octanol–water partition coefficient (Wildman–Crippen LogP) is 3.04. The molecule has 2 rings (SSSR count). The molecule has 0 radical (unpaired) electrons. The van der Waals surface area contributed by atoms with E-state index in [-0.39, 0.29) is 22.6 Å². The molecule has 0 aliphatic rings. The fourth-order valence-electron chi connectivity index (χ4n) is 1.72. The first kappa shape index (κ1) is 14.8. The standard InChI is InChI=1S/C14H10ClFN4O/c1-18-13-11(5-10(16)7-19-13)14(21)20-12-4-9(15)3-2-8(12)6-17/h2-5,7H,1H3,(H,18,19)(H,20,21). The number of aromatic nitrogens is 1. The molecule has 0 atom stereocenters. The molecule has 106 valence electrons. The second-order valence-electron chi connectivity index (χ2n) is 4.06. The molecule has 0 saturated heterocycles. The molecule has 5 nitrogen and oxygen atoms in total. The largest absolute Gasteiger partial charge is 0.372 e. The molecule has 0 aliphatic carbocycles. The van der Waals surface area contributed by atoms with Gasteiger partial charge in [-0.15, -0.1) is 0 Å². The second kappa shape index (κ2) is 6.20. The molecule has 0 bridgehead atoms. The van der Waals surface area contributed by atoms with Crippen LogP contribution in [0.2, 0.25) is 5.02 Å². The van der Waals surface area contributed by atoms with Crippen LogP contribution in [0.3, 0.4) is 0 Å². The zero-order chi connectivity index (χ0) is 15.4. The Morgan fingerprint density at radius 2 is 2.19 bits per heavy atom. The number of benzene rings is 1. The van der Waals surface area contributed by atoms with Crippen LogP contribution >= 0.6 is 11.6 Å². The van der Waals surface area contributed by atoms with E-state index in [9.17, 15) is 9.18 Å². The highest BCUT2D eigenvalue weighted by atomic mass is 35.5. The smallest absolute Gasteiger partial charge is 0.259 e. The molecule has 0 unspecified atom stereocenters. The van der Waals surface area contributed by atoms with Crippen molar-refractivity contribution in [2.24, 2.45) is 0 Å². The number of anilines is 2. The Bertz CT molecular complexity index is 742. The van der Waals surface area contributed by atoms with Gasteiger partial charge in [0.1, 0.15) is 17.7 Å². The first-order chi connectivity index (χ1) is 10.0. The predicted molar refractivity (Wildman–Crippen MR) is 77.9 cm³/mol. The number of nitrogens with zero attached hydrogens (tertiary/aromatic N) is 2. The van der Waals surface area contributed by atoms with Crippen molar-refractivity contribution >= 4 is 29.0 Å². The summed E-state index contributed by atoms with van der Waals surface area (Å²) in [4.78, 5) is 16.0. The maximum atomic E-state index is 13.2. The molecule has 7 heteroatoms. The van der Waals surface area contributed by atoms with Gasteiger partial charge in [0.05, 0.1) is 23.0 Å². The number of hydrogen-bond donors (Lipinski definition) is 2. The van der Waals surface area contributed by atoms with Gasteiger partial charge in [-0.1, -0.05) is 11.6 Å². The fourth-order valence-corrected chi connectivity index (χ4v) is 1.89. The van der Waals surface area contributed by atoms with Gasteiger partial charge in [-0.25, -0.2) is 9.37 Å². The molecule has 1 heterocycles. The van der Waals surface area contributed by atoms with Crippen LogP contribution in [-0.2, 0) is 0 Å². The van der Waals surface area contributed by atoms with Crippen LogP contribution in [0.1, 0.15) is 15.9 Å². The number of hydrogen-bond acceptors (Lipinski definition) is 4. The lowest BCUT2D eigenvalue weighted by Gasteiger charge is -2.10. The summed E-state index contributed by atoms with van der Waals surface area (Å²) in [5.74, 6) is -0.995. The zero-order valence-corrected chi connectivity index (χ0v) is 11.7. The van der Waals surface area contributed by atoms with E-state index in [1.54, 1.807) is 13.1 Å². The molecule has 2 N–H and O–H groups in total. The number of rotatable bonds is 3. The summed E-state index contributed by atoms with van der Waals surface area (Å²) in [7, 11) is 1.57. The molecule has 1 aromatic carbocycles. The minimum atomic E-state index is -0.634. The van der Waals surface area contributed by atoms with Crippen LogP contribution in [0, 0.1) is 17.1 Å². The SMILES string of the molecule is CNc1ncc(F)cc1C(=O)Nc1cc(Cl)ccc1C#N. The molecule has 0 saturated carbocycles. The van der Waals surface area contributed by atoms with Crippen LogP contribution < -0.4 is 10.6 Å². The van der Waals surface area contributed by atoms with Gasteiger partial charge in [0.2, 0.25) is 0 Å². The Labute approximate surface area is 125 Å². The summed E-state index contributed by atoms with van der Waals surface area (Å²) in [6.45, 7) is 0. The highest BCUT2D eigenvalue weighted by Gasteiger charge is 2.15. The van der Waals surface area contributed by atoms with Crippen molar-refractivity contribution in [3.8, 4) is 6.07 Å². The Morgan fingerprint density at radius 3 is 2.86 bits per heavy atom. The van der Waals surface area contributed by atoms with E-state index < -0.39 is 11.7 Å². The van der Waals surface area contributed by atoms with E-state index in [2.05, 4.69) is 15.6 Å². The van der Waals surface area contributed by atoms with Gasteiger partial charge in [-0.05, 0) is 24.3 Å². The monoisotopic (exact) mass is 304 g/mol. The second-order valence-corrected chi connectivity index (χ2v) is 4.49. The van der Waals surface area contributed by atoms with Gasteiger partial charge in [0.25, 0.3) is 5.91 Å².